The molecule has 0 aromatic rings. The van der Waals surface area contributed by atoms with Crippen molar-refractivity contribution in [1.29, 1.82) is 0 Å². The van der Waals surface area contributed by atoms with Crippen LogP contribution in [0, 0.1) is 23.7 Å². The van der Waals surface area contributed by atoms with Gasteiger partial charge in [-0.25, -0.2) is 4.79 Å². The van der Waals surface area contributed by atoms with Gasteiger partial charge in [-0.1, -0.05) is 39.5 Å². The highest BCUT2D eigenvalue weighted by Crippen LogP contribution is 2.58. The van der Waals surface area contributed by atoms with Gasteiger partial charge in [0.25, 0.3) is 0 Å². The molecule has 0 spiro atoms. The Labute approximate surface area is 214 Å². The zero-order valence-electron chi connectivity index (χ0n) is 22.2. The molecule has 1 aliphatic carbocycles. The Morgan fingerprint density at radius 2 is 1.92 bits per heavy atom. The van der Waals surface area contributed by atoms with Crippen molar-refractivity contribution in [3.63, 3.8) is 0 Å². The molecule has 9 atom stereocenters. The summed E-state index contributed by atoms with van der Waals surface area (Å²) in [5, 5.41) is 32.6. The quantitative estimate of drug-likeness (QED) is 0.337. The van der Waals surface area contributed by atoms with Crippen LogP contribution in [0.5, 0.6) is 0 Å². The van der Waals surface area contributed by atoms with E-state index in [0.29, 0.717) is 18.4 Å². The Morgan fingerprint density at radius 3 is 2.53 bits per heavy atom. The minimum Gasteiger partial charge on any atom is -0.454 e. The van der Waals surface area contributed by atoms with E-state index in [1.165, 1.54) is 0 Å². The van der Waals surface area contributed by atoms with E-state index in [0.717, 1.165) is 12.0 Å². The van der Waals surface area contributed by atoms with Crippen LogP contribution < -0.4 is 0 Å². The minimum atomic E-state index is -1.66. The topological polar surface area (TPSA) is 123 Å². The largest absolute Gasteiger partial charge is 0.454 e. The van der Waals surface area contributed by atoms with E-state index in [-0.39, 0.29) is 56.5 Å². The minimum absolute atomic E-state index is 0.00419. The number of carbonyl (C=O) groups excluding carboxylic acids is 2. The summed E-state index contributed by atoms with van der Waals surface area (Å²) < 4.78 is 18.0. The second-order valence-corrected chi connectivity index (χ2v) is 11.2. The highest BCUT2D eigenvalue weighted by atomic mass is 16.7. The van der Waals surface area contributed by atoms with Crippen LogP contribution >= 0.6 is 0 Å². The Kier molecular flexibility index (Phi) is 9.08. The van der Waals surface area contributed by atoms with Gasteiger partial charge < -0.3 is 29.5 Å². The van der Waals surface area contributed by atoms with Crippen molar-refractivity contribution >= 4 is 11.9 Å². The lowest BCUT2D eigenvalue weighted by molar-refractivity contribution is -0.241. The summed E-state index contributed by atoms with van der Waals surface area (Å²) in [6.07, 6.45) is 0.431. The Bertz CT molecular complexity index is 854. The lowest BCUT2D eigenvalue weighted by Gasteiger charge is -2.45. The molecule has 0 aromatic carbocycles. The first-order chi connectivity index (χ1) is 16.9. The van der Waals surface area contributed by atoms with Crippen LogP contribution in [0.15, 0.2) is 24.3 Å². The number of ether oxygens (including phenoxy) is 3. The zero-order chi connectivity index (χ0) is 26.8. The summed E-state index contributed by atoms with van der Waals surface area (Å²) in [5.41, 5.74) is 0.0755. The lowest BCUT2D eigenvalue weighted by Crippen LogP contribution is -2.52. The van der Waals surface area contributed by atoms with Crippen LogP contribution in [0.3, 0.4) is 0 Å². The van der Waals surface area contributed by atoms with Crippen molar-refractivity contribution < 1.29 is 39.1 Å². The number of hydrogen-bond donors (Lipinski definition) is 3. The number of esters is 2. The monoisotopic (exact) mass is 508 g/mol. The van der Waals surface area contributed by atoms with E-state index in [9.17, 15) is 24.9 Å². The molecule has 8 nitrogen and oxygen atoms in total. The molecule has 3 rings (SSSR count). The van der Waals surface area contributed by atoms with Crippen LogP contribution in [0.2, 0.25) is 0 Å². The van der Waals surface area contributed by atoms with Crippen molar-refractivity contribution in [1.82, 2.24) is 0 Å². The standard InChI is InChI=1S/C28H44O8/c1-7-9-22(31)34-21(8-2)26(32)36-27(6)13-12-20(30)17(4)14-28(33)24-16(3)10-11-19(18(5)15-29)23(24)25(27)35-28/h18-21,23-25,29-30,33H,3-4,7-15H2,1-2,5-6H3. The van der Waals surface area contributed by atoms with Crippen molar-refractivity contribution in [3.8, 4) is 0 Å². The van der Waals surface area contributed by atoms with Gasteiger partial charge in [0.2, 0.25) is 0 Å². The zero-order valence-corrected chi connectivity index (χ0v) is 22.2. The van der Waals surface area contributed by atoms with Crippen molar-refractivity contribution in [2.45, 2.75) is 109 Å². The molecule has 0 amide bonds. The number of fused-ring (bicyclic) bond motifs is 5. The predicted molar refractivity (Wildman–Crippen MR) is 133 cm³/mol. The molecule has 0 radical (unpaired) electrons. The van der Waals surface area contributed by atoms with Gasteiger partial charge in [0.15, 0.2) is 11.9 Å². The molecule has 1 saturated carbocycles. The average Bonchev–Trinajstić information content (AvgIpc) is 3.15. The van der Waals surface area contributed by atoms with E-state index >= 15 is 0 Å². The molecule has 2 heterocycles. The maximum Gasteiger partial charge on any atom is 0.348 e. The van der Waals surface area contributed by atoms with Gasteiger partial charge in [-0.15, -0.1) is 0 Å². The summed E-state index contributed by atoms with van der Waals surface area (Å²) in [4.78, 5) is 25.4. The van der Waals surface area contributed by atoms with Crippen molar-refractivity contribution in [3.05, 3.63) is 24.3 Å². The van der Waals surface area contributed by atoms with Gasteiger partial charge >= 0.3 is 11.9 Å². The third-order valence-electron chi connectivity index (χ3n) is 8.47. The molecule has 204 valence electrons. The van der Waals surface area contributed by atoms with Crippen molar-refractivity contribution in [2.75, 3.05) is 6.61 Å². The first-order valence-electron chi connectivity index (χ1n) is 13.4. The van der Waals surface area contributed by atoms with E-state index < -0.39 is 47.6 Å². The third kappa shape index (κ3) is 5.57. The Balaban J connectivity index is 2.02. The number of rotatable bonds is 8. The molecule has 3 N–H and O–H groups in total. The summed E-state index contributed by atoms with van der Waals surface area (Å²) >= 11 is 0. The maximum atomic E-state index is 13.3. The SMILES string of the molecule is C=C1CC2(O)OC(C3C(C(C)CO)CCC(=C)C32)C(C)(OC(=O)C(CC)OC(=O)CCC)CCC1O. The van der Waals surface area contributed by atoms with E-state index in [4.69, 9.17) is 14.2 Å². The molecule has 3 aliphatic rings. The highest BCUT2D eigenvalue weighted by molar-refractivity contribution is 5.79. The summed E-state index contributed by atoms with van der Waals surface area (Å²) in [6.45, 7) is 15.6. The molecular weight excluding hydrogens is 464 g/mol. The number of hydrogen-bond acceptors (Lipinski definition) is 8. The predicted octanol–water partition coefficient (Wildman–Crippen LogP) is 3.43. The second-order valence-electron chi connectivity index (χ2n) is 11.2. The molecule has 9 unspecified atom stereocenters. The average molecular weight is 509 g/mol. The van der Waals surface area contributed by atoms with Crippen LogP contribution in [0.1, 0.15) is 79.1 Å². The summed E-state index contributed by atoms with van der Waals surface area (Å²) in [7, 11) is 0. The number of carbonyl (C=O) groups is 2. The molecular formula is C28H44O8. The fourth-order valence-electron chi connectivity index (χ4n) is 6.43. The van der Waals surface area contributed by atoms with Gasteiger partial charge in [0.1, 0.15) is 11.7 Å². The Morgan fingerprint density at radius 1 is 1.22 bits per heavy atom. The lowest BCUT2D eigenvalue weighted by atomic mass is 9.60. The van der Waals surface area contributed by atoms with Gasteiger partial charge in [-0.3, -0.25) is 4.79 Å². The first kappa shape index (κ1) is 28.8. The van der Waals surface area contributed by atoms with E-state index in [1.54, 1.807) is 13.8 Å². The van der Waals surface area contributed by atoms with Crippen LogP contribution in [-0.4, -0.2) is 63.6 Å². The van der Waals surface area contributed by atoms with E-state index in [1.807, 2.05) is 13.8 Å². The molecule has 8 heteroatoms. The van der Waals surface area contributed by atoms with Gasteiger partial charge in [0, 0.05) is 31.3 Å². The molecule has 2 saturated heterocycles. The van der Waals surface area contributed by atoms with Crippen LogP contribution in [0.25, 0.3) is 0 Å². The molecule has 36 heavy (non-hydrogen) atoms. The number of aliphatic hydroxyl groups is 3. The summed E-state index contributed by atoms with van der Waals surface area (Å²) in [6, 6.07) is 0. The van der Waals surface area contributed by atoms with Crippen LogP contribution in [-0.2, 0) is 23.8 Å². The molecule has 2 bridgehead atoms. The fourth-order valence-corrected chi connectivity index (χ4v) is 6.43. The van der Waals surface area contributed by atoms with Crippen molar-refractivity contribution in [2.24, 2.45) is 23.7 Å². The Hall–Kier alpha value is -1.74. The van der Waals surface area contributed by atoms with Crippen LogP contribution in [0.4, 0.5) is 0 Å². The molecule has 0 aromatic heterocycles. The van der Waals surface area contributed by atoms with Gasteiger partial charge in [-0.2, -0.15) is 0 Å². The first-order valence-corrected chi connectivity index (χ1v) is 13.4. The molecule has 3 fully saturated rings. The van der Waals surface area contributed by atoms with E-state index in [2.05, 4.69) is 13.2 Å². The fraction of sp³-hybridized carbons (Fsp3) is 0.786. The molecule has 2 aliphatic heterocycles. The number of aliphatic hydroxyl groups excluding tert-OH is 2. The maximum absolute atomic E-state index is 13.3. The van der Waals surface area contributed by atoms with Gasteiger partial charge in [-0.05, 0) is 62.9 Å². The normalized spacial score (nSPS) is 38.2. The second kappa shape index (κ2) is 11.3. The third-order valence-corrected chi connectivity index (χ3v) is 8.47. The highest BCUT2D eigenvalue weighted by Gasteiger charge is 2.64. The smallest absolute Gasteiger partial charge is 0.348 e. The summed E-state index contributed by atoms with van der Waals surface area (Å²) in [5.74, 6) is -3.57. The van der Waals surface area contributed by atoms with Gasteiger partial charge in [0.05, 0.1) is 6.10 Å².